The number of piperazine rings is 1. The van der Waals surface area contributed by atoms with Crippen LogP contribution in [-0.4, -0.2) is 54.6 Å². The highest BCUT2D eigenvalue weighted by Crippen LogP contribution is 2.24. The highest BCUT2D eigenvalue weighted by molar-refractivity contribution is 5.85. The van der Waals surface area contributed by atoms with Crippen LogP contribution in [0.2, 0.25) is 0 Å². The number of hydrogen-bond donors (Lipinski definition) is 1. The van der Waals surface area contributed by atoms with Gasteiger partial charge in [-0.05, 0) is 44.0 Å². The number of nitrogens with one attached hydrogen (secondary N) is 1. The molecule has 0 saturated carbocycles. The van der Waals surface area contributed by atoms with E-state index in [4.69, 9.17) is 4.42 Å². The molecule has 1 aromatic carbocycles. The van der Waals surface area contributed by atoms with Crippen molar-refractivity contribution in [1.29, 1.82) is 0 Å². The summed E-state index contributed by atoms with van der Waals surface area (Å²) in [6, 6.07) is 6.72. The van der Waals surface area contributed by atoms with Crippen LogP contribution in [0, 0.1) is 6.92 Å². The van der Waals surface area contributed by atoms with Crippen molar-refractivity contribution in [3.8, 4) is 0 Å². The van der Waals surface area contributed by atoms with Crippen molar-refractivity contribution in [2.24, 2.45) is 0 Å². The Morgan fingerprint density at radius 3 is 2.65 bits per heavy atom. The van der Waals surface area contributed by atoms with Crippen molar-refractivity contribution in [1.82, 2.24) is 15.2 Å². The molecule has 0 aliphatic carbocycles. The standard InChI is InChI=1S/C18H24N4O2.2ClH/c1-13-5-6-16-15(12-13)20-18(24-16)22-10-8-21(9-11-22)17(23)14-4-2-3-7-19-14;;/h5-6,12,14,19H,2-4,7-11H2,1H3;2*1H/t14-;;/m1../s1. The Labute approximate surface area is 166 Å². The molecule has 0 bridgehead atoms. The Hall–Kier alpha value is -1.50. The van der Waals surface area contributed by atoms with E-state index in [-0.39, 0.29) is 36.8 Å². The van der Waals surface area contributed by atoms with Crippen molar-refractivity contribution in [3.05, 3.63) is 23.8 Å². The third-order valence-electron chi connectivity index (χ3n) is 5.00. The van der Waals surface area contributed by atoms with E-state index in [0.717, 1.165) is 56.7 Å². The van der Waals surface area contributed by atoms with E-state index >= 15 is 0 Å². The van der Waals surface area contributed by atoms with Gasteiger partial charge in [0.25, 0.3) is 6.01 Å². The summed E-state index contributed by atoms with van der Waals surface area (Å²) >= 11 is 0. The third-order valence-corrected chi connectivity index (χ3v) is 5.00. The molecule has 6 nitrogen and oxygen atoms in total. The molecule has 0 spiro atoms. The van der Waals surface area contributed by atoms with Crippen LogP contribution >= 0.6 is 24.8 Å². The van der Waals surface area contributed by atoms with Gasteiger partial charge in [-0.3, -0.25) is 4.79 Å². The van der Waals surface area contributed by atoms with Crippen molar-refractivity contribution < 1.29 is 9.21 Å². The lowest BCUT2D eigenvalue weighted by molar-refractivity contribution is -0.134. The number of carbonyl (C=O) groups excluding carboxylic acids is 1. The first kappa shape index (κ1) is 20.8. The summed E-state index contributed by atoms with van der Waals surface area (Å²) < 4.78 is 5.87. The number of amides is 1. The van der Waals surface area contributed by atoms with Crippen molar-refractivity contribution in [3.63, 3.8) is 0 Å². The normalized spacial score (nSPS) is 20.4. The highest BCUT2D eigenvalue weighted by Gasteiger charge is 2.29. The molecule has 0 radical (unpaired) electrons. The fourth-order valence-corrected chi connectivity index (χ4v) is 3.56. The highest BCUT2D eigenvalue weighted by atomic mass is 35.5. The van der Waals surface area contributed by atoms with Gasteiger partial charge in [-0.1, -0.05) is 12.5 Å². The molecule has 2 saturated heterocycles. The van der Waals surface area contributed by atoms with Gasteiger partial charge in [-0.15, -0.1) is 24.8 Å². The SMILES string of the molecule is Cc1ccc2oc(N3CCN(C(=O)[C@H]4CCCCN4)CC3)nc2c1.Cl.Cl. The molecule has 2 aliphatic rings. The molecule has 8 heteroatoms. The predicted molar refractivity (Wildman–Crippen MR) is 108 cm³/mol. The number of oxazole rings is 1. The van der Waals surface area contributed by atoms with Crippen LogP contribution in [0.1, 0.15) is 24.8 Å². The number of carbonyl (C=O) groups is 1. The summed E-state index contributed by atoms with van der Waals surface area (Å²) in [4.78, 5) is 21.3. The lowest BCUT2D eigenvalue weighted by Crippen LogP contribution is -2.55. The largest absolute Gasteiger partial charge is 0.423 e. The number of benzene rings is 1. The molecule has 0 unspecified atom stereocenters. The van der Waals surface area contributed by atoms with E-state index in [1.807, 2.05) is 23.1 Å². The fourth-order valence-electron chi connectivity index (χ4n) is 3.56. The zero-order chi connectivity index (χ0) is 16.5. The first-order valence-electron chi connectivity index (χ1n) is 8.85. The molecule has 26 heavy (non-hydrogen) atoms. The fraction of sp³-hybridized carbons (Fsp3) is 0.556. The van der Waals surface area contributed by atoms with Crippen LogP contribution in [0.25, 0.3) is 11.1 Å². The number of halogens is 2. The topological polar surface area (TPSA) is 61.6 Å². The first-order chi connectivity index (χ1) is 11.7. The Morgan fingerprint density at radius 1 is 1.19 bits per heavy atom. The number of rotatable bonds is 2. The summed E-state index contributed by atoms with van der Waals surface area (Å²) in [6.07, 6.45) is 3.28. The molecule has 2 aromatic rings. The minimum Gasteiger partial charge on any atom is -0.423 e. The lowest BCUT2D eigenvalue weighted by Gasteiger charge is -2.36. The maximum Gasteiger partial charge on any atom is 0.298 e. The second kappa shape index (κ2) is 8.93. The number of nitrogens with zero attached hydrogens (tertiary/aromatic N) is 3. The summed E-state index contributed by atoms with van der Waals surface area (Å²) in [6.45, 7) is 6.01. The summed E-state index contributed by atoms with van der Waals surface area (Å²) in [7, 11) is 0. The Balaban J connectivity index is 0.00000121. The quantitative estimate of drug-likeness (QED) is 0.839. The Morgan fingerprint density at radius 2 is 1.96 bits per heavy atom. The predicted octanol–water partition coefficient (Wildman–Crippen LogP) is 2.77. The van der Waals surface area contributed by atoms with E-state index in [2.05, 4.69) is 22.1 Å². The van der Waals surface area contributed by atoms with Crippen LogP contribution < -0.4 is 10.2 Å². The van der Waals surface area contributed by atoms with Gasteiger partial charge in [-0.25, -0.2) is 0 Å². The van der Waals surface area contributed by atoms with Gasteiger partial charge in [0.1, 0.15) is 5.52 Å². The van der Waals surface area contributed by atoms with Crippen LogP contribution in [0.15, 0.2) is 22.6 Å². The Kier molecular flexibility index (Phi) is 7.15. The maximum atomic E-state index is 12.6. The maximum absolute atomic E-state index is 12.6. The van der Waals surface area contributed by atoms with Crippen molar-refractivity contribution >= 4 is 47.8 Å². The minimum absolute atomic E-state index is 0. The van der Waals surface area contributed by atoms with Crippen LogP contribution in [0.4, 0.5) is 6.01 Å². The molecule has 1 N–H and O–H groups in total. The number of hydrogen-bond acceptors (Lipinski definition) is 5. The number of piperidine rings is 1. The minimum atomic E-state index is 0. The zero-order valence-corrected chi connectivity index (χ0v) is 16.6. The Bertz CT molecular complexity index is 738. The molecular weight excluding hydrogens is 375 g/mol. The van der Waals surface area contributed by atoms with Gasteiger partial charge in [-0.2, -0.15) is 4.98 Å². The van der Waals surface area contributed by atoms with Gasteiger partial charge in [0.15, 0.2) is 5.58 Å². The van der Waals surface area contributed by atoms with Crippen LogP contribution in [-0.2, 0) is 4.79 Å². The van der Waals surface area contributed by atoms with Gasteiger partial charge < -0.3 is 19.5 Å². The summed E-state index contributed by atoms with van der Waals surface area (Å²) in [5.74, 6) is 0.252. The average Bonchev–Trinajstić information content (AvgIpc) is 3.05. The zero-order valence-electron chi connectivity index (χ0n) is 14.9. The molecule has 2 aliphatic heterocycles. The van der Waals surface area contributed by atoms with E-state index < -0.39 is 0 Å². The number of anilines is 1. The molecule has 1 amide bonds. The molecule has 1 atom stereocenters. The van der Waals surface area contributed by atoms with Crippen molar-refractivity contribution in [2.75, 3.05) is 37.6 Å². The first-order valence-corrected chi connectivity index (χ1v) is 8.85. The average molecular weight is 401 g/mol. The smallest absolute Gasteiger partial charge is 0.298 e. The van der Waals surface area contributed by atoms with Gasteiger partial charge in [0, 0.05) is 26.2 Å². The summed E-state index contributed by atoms with van der Waals surface area (Å²) in [5.41, 5.74) is 2.90. The molecule has 144 valence electrons. The molecule has 1 aromatic heterocycles. The van der Waals surface area contributed by atoms with Crippen molar-refractivity contribution in [2.45, 2.75) is 32.2 Å². The second-order valence-corrected chi connectivity index (χ2v) is 6.78. The monoisotopic (exact) mass is 400 g/mol. The van der Waals surface area contributed by atoms with E-state index in [0.29, 0.717) is 6.01 Å². The molecular formula is C18H26Cl2N4O2. The van der Waals surface area contributed by atoms with Gasteiger partial charge >= 0.3 is 0 Å². The molecule has 2 fully saturated rings. The third kappa shape index (κ3) is 4.24. The van der Waals surface area contributed by atoms with Gasteiger partial charge in [0.2, 0.25) is 5.91 Å². The van der Waals surface area contributed by atoms with Crippen LogP contribution in [0.5, 0.6) is 0 Å². The number of aryl methyl sites for hydroxylation is 1. The lowest BCUT2D eigenvalue weighted by atomic mass is 10.0. The van der Waals surface area contributed by atoms with E-state index in [1.54, 1.807) is 0 Å². The second-order valence-electron chi connectivity index (χ2n) is 6.78. The van der Waals surface area contributed by atoms with Crippen LogP contribution in [0.3, 0.4) is 0 Å². The van der Waals surface area contributed by atoms with E-state index in [1.165, 1.54) is 12.0 Å². The number of aromatic nitrogens is 1. The summed E-state index contributed by atoms with van der Waals surface area (Å²) in [5, 5.41) is 3.35. The molecule has 3 heterocycles. The molecule has 4 rings (SSSR count). The van der Waals surface area contributed by atoms with E-state index in [9.17, 15) is 4.79 Å². The van der Waals surface area contributed by atoms with Gasteiger partial charge in [0.05, 0.1) is 6.04 Å². The number of fused-ring (bicyclic) bond motifs is 1.